The van der Waals surface area contributed by atoms with Crippen LogP contribution in [0.3, 0.4) is 0 Å². The van der Waals surface area contributed by atoms with Crippen molar-refractivity contribution in [3.63, 3.8) is 0 Å². The van der Waals surface area contributed by atoms with Gasteiger partial charge in [0.05, 0.1) is 11.2 Å². The Hall–Kier alpha value is -0.0400. The molecule has 0 atom stereocenters. The zero-order valence-electron chi connectivity index (χ0n) is 7.81. The quantitative estimate of drug-likeness (QED) is 0.564. The lowest BCUT2D eigenvalue weighted by molar-refractivity contribution is -0.0632. The molecule has 2 rings (SSSR count). The third kappa shape index (κ3) is 0.936. The second-order valence-corrected chi connectivity index (χ2v) is 4.77. The highest BCUT2D eigenvalue weighted by Gasteiger charge is 2.54. The fourth-order valence-electron chi connectivity index (χ4n) is 2.59. The maximum absolute atomic E-state index is 6.11. The van der Waals surface area contributed by atoms with Gasteiger partial charge in [-0.1, -0.05) is 13.8 Å². The third-order valence-corrected chi connectivity index (χ3v) is 3.66. The second-order valence-electron chi connectivity index (χ2n) is 4.77. The van der Waals surface area contributed by atoms with Gasteiger partial charge >= 0.3 is 0 Å². The maximum Gasteiger partial charge on any atom is 0.0714 e. The molecule has 2 fully saturated rings. The van der Waals surface area contributed by atoms with Gasteiger partial charge in [0.25, 0.3) is 0 Å². The maximum atomic E-state index is 6.11. The fraction of sp³-hybridized carbons (Fsp3) is 1.00. The molecule has 64 valence electrons. The van der Waals surface area contributed by atoms with E-state index < -0.39 is 0 Å². The van der Waals surface area contributed by atoms with Crippen LogP contribution < -0.4 is 0 Å². The molecule has 2 aliphatic rings. The minimum atomic E-state index is 0.254. The van der Waals surface area contributed by atoms with Crippen molar-refractivity contribution >= 4 is 0 Å². The molecule has 0 spiro atoms. The zero-order valence-corrected chi connectivity index (χ0v) is 7.81. The van der Waals surface area contributed by atoms with E-state index in [1.54, 1.807) is 0 Å². The topological polar surface area (TPSA) is 9.23 Å². The Balaban J connectivity index is 2.20. The van der Waals surface area contributed by atoms with Crippen LogP contribution >= 0.6 is 0 Å². The van der Waals surface area contributed by atoms with E-state index in [-0.39, 0.29) is 11.2 Å². The molecule has 0 saturated carbocycles. The highest BCUT2D eigenvalue weighted by molar-refractivity contribution is 5.03. The smallest absolute Gasteiger partial charge is 0.0714 e. The predicted octanol–water partition coefficient (Wildman–Crippen LogP) is 2.74. The van der Waals surface area contributed by atoms with Gasteiger partial charge in [-0.3, -0.25) is 0 Å². The average Bonchev–Trinajstić information content (AvgIpc) is 2.42. The summed E-state index contributed by atoms with van der Waals surface area (Å²) in [5.74, 6) is 0.701. The molecule has 0 N–H and O–H groups in total. The fourth-order valence-corrected chi connectivity index (χ4v) is 2.59. The van der Waals surface area contributed by atoms with Crippen molar-refractivity contribution in [2.75, 3.05) is 0 Å². The minimum Gasteiger partial charge on any atom is -0.369 e. The van der Waals surface area contributed by atoms with E-state index >= 15 is 0 Å². The van der Waals surface area contributed by atoms with Gasteiger partial charge in [0.15, 0.2) is 0 Å². The van der Waals surface area contributed by atoms with Gasteiger partial charge in [0.2, 0.25) is 0 Å². The Morgan fingerprint density at radius 2 is 1.64 bits per heavy atom. The van der Waals surface area contributed by atoms with Gasteiger partial charge < -0.3 is 4.74 Å². The monoisotopic (exact) mass is 154 g/mol. The van der Waals surface area contributed by atoms with Crippen molar-refractivity contribution in [1.82, 2.24) is 0 Å². The van der Waals surface area contributed by atoms with Gasteiger partial charge in [-0.05, 0) is 38.5 Å². The van der Waals surface area contributed by atoms with E-state index in [1.165, 1.54) is 25.7 Å². The second kappa shape index (κ2) is 2.01. The Morgan fingerprint density at radius 3 is 1.82 bits per heavy atom. The van der Waals surface area contributed by atoms with Crippen molar-refractivity contribution in [2.45, 2.75) is 57.7 Å². The number of hydrogen-bond acceptors (Lipinski definition) is 1. The summed E-state index contributed by atoms with van der Waals surface area (Å²) in [7, 11) is 0. The standard InChI is InChI=1S/C10H18O/c1-8(2)10-6-4-9(3,11-10)5-7-10/h8H,4-7H2,1-3H3/t9-,10+. The predicted molar refractivity (Wildman–Crippen MR) is 45.5 cm³/mol. The normalized spacial score (nSPS) is 49.1. The van der Waals surface area contributed by atoms with E-state index in [0.29, 0.717) is 5.92 Å². The Bertz CT molecular complexity index is 164. The summed E-state index contributed by atoms with van der Waals surface area (Å²) < 4.78 is 6.11. The highest BCUT2D eigenvalue weighted by Crippen LogP contribution is 2.53. The molecule has 0 radical (unpaired) electrons. The molecule has 0 aromatic carbocycles. The first-order chi connectivity index (χ1) is 5.06. The number of hydrogen-bond donors (Lipinski definition) is 0. The SMILES string of the molecule is CC(C)[C@]12CC[C@](C)(CC1)O2. The molecule has 1 nitrogen and oxygen atoms in total. The molecule has 0 amide bonds. The summed E-state index contributed by atoms with van der Waals surface area (Å²) in [6, 6.07) is 0. The molecule has 1 heteroatoms. The molecule has 2 saturated heterocycles. The van der Waals surface area contributed by atoms with Crippen molar-refractivity contribution in [1.29, 1.82) is 0 Å². The van der Waals surface area contributed by atoms with E-state index in [0.717, 1.165) is 0 Å². The molecular formula is C10H18O. The molecule has 0 aromatic heterocycles. The van der Waals surface area contributed by atoms with Crippen LogP contribution in [0.4, 0.5) is 0 Å². The van der Waals surface area contributed by atoms with E-state index in [2.05, 4.69) is 20.8 Å². The first-order valence-corrected chi connectivity index (χ1v) is 4.77. The van der Waals surface area contributed by atoms with Crippen LogP contribution in [0.25, 0.3) is 0 Å². The van der Waals surface area contributed by atoms with Crippen molar-refractivity contribution < 1.29 is 4.74 Å². The summed E-state index contributed by atoms with van der Waals surface area (Å²) in [6.45, 7) is 6.85. The van der Waals surface area contributed by atoms with Gasteiger partial charge in [-0.2, -0.15) is 0 Å². The number of fused-ring (bicyclic) bond motifs is 2. The lowest BCUT2D eigenvalue weighted by Gasteiger charge is -2.28. The summed E-state index contributed by atoms with van der Waals surface area (Å²) in [5, 5.41) is 0. The van der Waals surface area contributed by atoms with Gasteiger partial charge in [0, 0.05) is 0 Å². The Kier molecular flexibility index (Phi) is 1.39. The first kappa shape index (κ1) is 7.60. The molecule has 0 unspecified atom stereocenters. The number of rotatable bonds is 1. The average molecular weight is 154 g/mol. The van der Waals surface area contributed by atoms with Crippen LogP contribution in [0.15, 0.2) is 0 Å². The van der Waals surface area contributed by atoms with Crippen LogP contribution in [0.5, 0.6) is 0 Å². The van der Waals surface area contributed by atoms with Crippen LogP contribution in [-0.4, -0.2) is 11.2 Å². The Morgan fingerprint density at radius 1 is 1.09 bits per heavy atom. The van der Waals surface area contributed by atoms with Crippen molar-refractivity contribution in [2.24, 2.45) is 5.92 Å². The lowest BCUT2D eigenvalue weighted by Crippen LogP contribution is -2.31. The summed E-state index contributed by atoms with van der Waals surface area (Å²) in [6.07, 6.45) is 5.15. The third-order valence-electron chi connectivity index (χ3n) is 3.66. The van der Waals surface area contributed by atoms with Crippen molar-refractivity contribution in [3.8, 4) is 0 Å². The largest absolute Gasteiger partial charge is 0.369 e. The van der Waals surface area contributed by atoms with Gasteiger partial charge in [0.1, 0.15) is 0 Å². The van der Waals surface area contributed by atoms with Crippen LogP contribution in [0.1, 0.15) is 46.5 Å². The molecular weight excluding hydrogens is 136 g/mol. The zero-order chi connectivity index (χ0) is 8.11. The Labute approximate surface area is 69.1 Å². The molecule has 2 aliphatic heterocycles. The van der Waals surface area contributed by atoms with Crippen LogP contribution in [0, 0.1) is 5.92 Å². The lowest BCUT2D eigenvalue weighted by atomic mass is 9.77. The van der Waals surface area contributed by atoms with E-state index in [4.69, 9.17) is 4.74 Å². The summed E-state index contributed by atoms with van der Waals surface area (Å²) in [4.78, 5) is 0. The van der Waals surface area contributed by atoms with E-state index in [1.807, 2.05) is 0 Å². The minimum absolute atomic E-state index is 0.254. The van der Waals surface area contributed by atoms with E-state index in [9.17, 15) is 0 Å². The summed E-state index contributed by atoms with van der Waals surface area (Å²) in [5.41, 5.74) is 0.527. The van der Waals surface area contributed by atoms with Gasteiger partial charge in [-0.15, -0.1) is 0 Å². The van der Waals surface area contributed by atoms with Crippen LogP contribution in [-0.2, 0) is 4.74 Å². The molecule has 0 aromatic rings. The molecule has 2 bridgehead atoms. The molecule has 0 aliphatic carbocycles. The number of ether oxygens (including phenoxy) is 1. The first-order valence-electron chi connectivity index (χ1n) is 4.77. The van der Waals surface area contributed by atoms with Gasteiger partial charge in [-0.25, -0.2) is 0 Å². The molecule has 11 heavy (non-hydrogen) atoms. The molecule has 2 heterocycles. The van der Waals surface area contributed by atoms with Crippen LogP contribution in [0.2, 0.25) is 0 Å². The highest BCUT2D eigenvalue weighted by atomic mass is 16.5. The summed E-state index contributed by atoms with van der Waals surface area (Å²) >= 11 is 0. The van der Waals surface area contributed by atoms with Crippen molar-refractivity contribution in [3.05, 3.63) is 0 Å².